The Labute approximate surface area is 106 Å². The number of carbonyl (C=O) groups excluding carboxylic acids is 1. The fourth-order valence-corrected chi connectivity index (χ4v) is 1.74. The Kier molecular flexibility index (Phi) is 5.17. The van der Waals surface area contributed by atoms with Crippen molar-refractivity contribution >= 4 is 11.9 Å². The number of aromatic carboxylic acids is 1. The lowest BCUT2D eigenvalue weighted by Gasteiger charge is -2.21. The summed E-state index contributed by atoms with van der Waals surface area (Å²) in [6.45, 7) is 6.77. The van der Waals surface area contributed by atoms with Gasteiger partial charge in [0.15, 0.2) is 0 Å². The van der Waals surface area contributed by atoms with Crippen molar-refractivity contribution in [3.8, 4) is 0 Å². The Morgan fingerprint density at radius 1 is 1.56 bits per heavy atom. The molecule has 1 aromatic heterocycles. The maximum absolute atomic E-state index is 12.0. The molecule has 18 heavy (non-hydrogen) atoms. The van der Waals surface area contributed by atoms with Crippen LogP contribution in [-0.4, -0.2) is 39.5 Å². The smallest absolute Gasteiger partial charge is 0.352 e. The number of aromatic nitrogens is 1. The first kappa shape index (κ1) is 14.0. The second kappa shape index (κ2) is 6.64. The number of carboxylic acids is 1. The van der Waals surface area contributed by atoms with Crippen LogP contribution in [0.15, 0.2) is 31.0 Å². The molecule has 0 spiro atoms. The van der Waals surface area contributed by atoms with Crippen molar-refractivity contribution in [1.29, 1.82) is 0 Å². The minimum Gasteiger partial charge on any atom is -0.477 e. The van der Waals surface area contributed by atoms with Gasteiger partial charge in [-0.05, 0) is 18.6 Å². The number of nitrogens with zero attached hydrogens (tertiary/aromatic N) is 2. The Bertz CT molecular complexity index is 437. The molecule has 0 fully saturated rings. The molecule has 1 aromatic rings. The molecule has 98 valence electrons. The van der Waals surface area contributed by atoms with Crippen LogP contribution in [0.5, 0.6) is 0 Å². The maximum Gasteiger partial charge on any atom is 0.352 e. The van der Waals surface area contributed by atoms with Gasteiger partial charge in [0.05, 0.1) is 0 Å². The van der Waals surface area contributed by atoms with E-state index in [2.05, 4.69) is 6.58 Å². The normalized spacial score (nSPS) is 10.1. The quantitative estimate of drug-likeness (QED) is 0.748. The number of rotatable bonds is 7. The average molecular weight is 250 g/mol. The summed E-state index contributed by atoms with van der Waals surface area (Å²) in [5.41, 5.74) is 0.124. The number of amides is 1. The van der Waals surface area contributed by atoms with Crippen LogP contribution in [0.4, 0.5) is 0 Å². The summed E-state index contributed by atoms with van der Waals surface area (Å²) in [5, 5.41) is 8.95. The van der Waals surface area contributed by atoms with E-state index in [1.807, 2.05) is 6.92 Å². The van der Waals surface area contributed by atoms with Crippen LogP contribution in [0.3, 0.4) is 0 Å². The molecule has 1 heterocycles. The van der Waals surface area contributed by atoms with Crippen LogP contribution in [0.25, 0.3) is 0 Å². The highest BCUT2D eigenvalue weighted by atomic mass is 16.4. The maximum atomic E-state index is 12.0. The van der Waals surface area contributed by atoms with Crippen LogP contribution in [0, 0.1) is 0 Å². The highest BCUT2D eigenvalue weighted by molar-refractivity contribution is 5.86. The Hall–Kier alpha value is -2.04. The molecule has 5 nitrogen and oxygen atoms in total. The van der Waals surface area contributed by atoms with Crippen molar-refractivity contribution in [2.24, 2.45) is 0 Å². The molecule has 1 N–H and O–H groups in total. The lowest BCUT2D eigenvalue weighted by molar-refractivity contribution is -0.131. The number of hydrogen-bond donors (Lipinski definition) is 1. The highest BCUT2D eigenvalue weighted by Gasteiger charge is 2.15. The summed E-state index contributed by atoms with van der Waals surface area (Å²) in [5.74, 6) is -1.13. The van der Waals surface area contributed by atoms with E-state index in [-0.39, 0.29) is 18.1 Å². The zero-order valence-corrected chi connectivity index (χ0v) is 10.5. The van der Waals surface area contributed by atoms with E-state index in [4.69, 9.17) is 5.11 Å². The van der Waals surface area contributed by atoms with Crippen molar-refractivity contribution in [2.75, 3.05) is 13.1 Å². The lowest BCUT2D eigenvalue weighted by atomic mass is 10.3. The summed E-state index contributed by atoms with van der Waals surface area (Å²) < 4.78 is 1.44. The summed E-state index contributed by atoms with van der Waals surface area (Å²) in [6.07, 6.45) is 4.12. The monoisotopic (exact) mass is 250 g/mol. The van der Waals surface area contributed by atoms with Crippen molar-refractivity contribution in [3.05, 3.63) is 36.7 Å². The van der Waals surface area contributed by atoms with Crippen molar-refractivity contribution in [3.63, 3.8) is 0 Å². The van der Waals surface area contributed by atoms with E-state index in [1.54, 1.807) is 23.2 Å². The fourth-order valence-electron chi connectivity index (χ4n) is 1.74. The van der Waals surface area contributed by atoms with Gasteiger partial charge in [0.2, 0.25) is 5.91 Å². The molecule has 0 bridgehead atoms. The highest BCUT2D eigenvalue weighted by Crippen LogP contribution is 2.04. The molecule has 0 radical (unpaired) electrons. The SMILES string of the molecule is C=CCN(CCC)C(=O)Cn1cccc1C(=O)O. The first-order valence-corrected chi connectivity index (χ1v) is 5.87. The van der Waals surface area contributed by atoms with Gasteiger partial charge >= 0.3 is 5.97 Å². The third-order valence-corrected chi connectivity index (χ3v) is 2.55. The third kappa shape index (κ3) is 3.48. The van der Waals surface area contributed by atoms with Crippen LogP contribution < -0.4 is 0 Å². The molecule has 0 aliphatic carbocycles. The molecule has 0 saturated carbocycles. The van der Waals surface area contributed by atoms with E-state index in [0.717, 1.165) is 6.42 Å². The Balaban J connectivity index is 2.75. The molecule has 0 aliphatic rings. The van der Waals surface area contributed by atoms with E-state index in [1.165, 1.54) is 10.6 Å². The molecule has 0 unspecified atom stereocenters. The van der Waals surface area contributed by atoms with Crippen LogP contribution in [0.2, 0.25) is 0 Å². The number of hydrogen-bond acceptors (Lipinski definition) is 2. The van der Waals surface area contributed by atoms with Crippen molar-refractivity contribution in [1.82, 2.24) is 9.47 Å². The van der Waals surface area contributed by atoms with Gasteiger partial charge in [-0.2, -0.15) is 0 Å². The zero-order valence-electron chi connectivity index (χ0n) is 10.5. The second-order valence-electron chi connectivity index (χ2n) is 3.95. The van der Waals surface area contributed by atoms with E-state index < -0.39 is 5.97 Å². The van der Waals surface area contributed by atoms with Gasteiger partial charge in [-0.3, -0.25) is 4.79 Å². The minimum absolute atomic E-state index is 0.0441. The van der Waals surface area contributed by atoms with E-state index >= 15 is 0 Å². The molecule has 1 amide bonds. The summed E-state index contributed by atoms with van der Waals surface area (Å²) in [7, 11) is 0. The fraction of sp³-hybridized carbons (Fsp3) is 0.385. The first-order valence-electron chi connectivity index (χ1n) is 5.87. The number of carboxylic acid groups (broad SMARTS) is 1. The molecule has 1 rings (SSSR count). The van der Waals surface area contributed by atoms with Gasteiger partial charge in [-0.15, -0.1) is 6.58 Å². The summed E-state index contributed by atoms with van der Waals surface area (Å²) in [4.78, 5) is 24.6. The zero-order chi connectivity index (χ0) is 13.5. The van der Waals surface area contributed by atoms with E-state index in [0.29, 0.717) is 13.1 Å². The van der Waals surface area contributed by atoms with Gasteiger partial charge < -0.3 is 14.6 Å². The largest absolute Gasteiger partial charge is 0.477 e. The lowest BCUT2D eigenvalue weighted by Crippen LogP contribution is -2.35. The van der Waals surface area contributed by atoms with Crippen molar-refractivity contribution in [2.45, 2.75) is 19.9 Å². The van der Waals surface area contributed by atoms with Gasteiger partial charge in [-0.1, -0.05) is 13.0 Å². The van der Waals surface area contributed by atoms with Crippen LogP contribution in [0.1, 0.15) is 23.8 Å². The molecule has 0 atom stereocenters. The van der Waals surface area contributed by atoms with Gasteiger partial charge in [-0.25, -0.2) is 4.79 Å². The topological polar surface area (TPSA) is 62.5 Å². The molecule has 5 heteroatoms. The predicted octanol–water partition coefficient (Wildman–Crippen LogP) is 1.61. The summed E-state index contributed by atoms with van der Waals surface area (Å²) >= 11 is 0. The molecule has 0 saturated heterocycles. The minimum atomic E-state index is -1.03. The van der Waals surface area contributed by atoms with Gasteiger partial charge in [0.25, 0.3) is 0 Å². The van der Waals surface area contributed by atoms with Crippen LogP contribution in [-0.2, 0) is 11.3 Å². The average Bonchev–Trinajstić information content (AvgIpc) is 2.77. The van der Waals surface area contributed by atoms with Crippen molar-refractivity contribution < 1.29 is 14.7 Å². The third-order valence-electron chi connectivity index (χ3n) is 2.55. The predicted molar refractivity (Wildman–Crippen MR) is 68.5 cm³/mol. The summed E-state index contributed by atoms with van der Waals surface area (Å²) in [6, 6.07) is 3.10. The molecular weight excluding hydrogens is 232 g/mol. The standard InChI is InChI=1S/C13H18N2O3/c1-3-7-14(8-4-2)12(16)10-15-9-5-6-11(15)13(17)18/h3,5-6,9H,1,4,7-8,10H2,2H3,(H,17,18). The Morgan fingerprint density at radius 3 is 2.83 bits per heavy atom. The first-order chi connectivity index (χ1) is 8.60. The van der Waals surface area contributed by atoms with Crippen LogP contribution >= 0.6 is 0 Å². The Morgan fingerprint density at radius 2 is 2.28 bits per heavy atom. The number of carbonyl (C=O) groups is 2. The van der Waals surface area contributed by atoms with Gasteiger partial charge in [0, 0.05) is 19.3 Å². The molecule has 0 aliphatic heterocycles. The molecule has 0 aromatic carbocycles. The second-order valence-corrected chi connectivity index (χ2v) is 3.95. The van der Waals surface area contributed by atoms with Gasteiger partial charge in [0.1, 0.15) is 12.2 Å². The molecular formula is C13H18N2O3. The van der Waals surface area contributed by atoms with E-state index in [9.17, 15) is 9.59 Å².